The number of anilines is 2. The molecular weight excluding hydrogens is 464 g/mol. The maximum absolute atomic E-state index is 12.7. The molecule has 0 radical (unpaired) electrons. The lowest BCUT2D eigenvalue weighted by Gasteiger charge is -2.33. The van der Waals surface area contributed by atoms with Gasteiger partial charge in [0.15, 0.2) is 16.5 Å². The Morgan fingerprint density at radius 2 is 1.94 bits per heavy atom. The van der Waals surface area contributed by atoms with Crippen molar-refractivity contribution in [2.24, 2.45) is 0 Å². The number of aryl methyl sites for hydroxylation is 1. The average molecular weight is 485 g/mol. The fraction of sp³-hybridized carbons (Fsp3) is 0.217. The summed E-state index contributed by atoms with van der Waals surface area (Å²) in [5.41, 5.74) is 2.32. The third-order valence-corrected chi connectivity index (χ3v) is 5.25. The second kappa shape index (κ2) is 8.85. The van der Waals surface area contributed by atoms with Crippen molar-refractivity contribution in [3.63, 3.8) is 0 Å². The molecule has 8 heteroatoms. The van der Waals surface area contributed by atoms with Gasteiger partial charge in [-0.15, -0.1) is 0 Å². The molecule has 1 aliphatic heterocycles. The van der Waals surface area contributed by atoms with E-state index in [1.54, 1.807) is 42.2 Å². The highest BCUT2D eigenvalue weighted by molar-refractivity contribution is 9.10. The zero-order valence-corrected chi connectivity index (χ0v) is 18.6. The van der Waals surface area contributed by atoms with Crippen LogP contribution in [0.5, 0.6) is 11.5 Å². The minimum absolute atomic E-state index is 0.141. The van der Waals surface area contributed by atoms with Crippen molar-refractivity contribution in [1.82, 2.24) is 0 Å². The number of ether oxygens (including phenoxy) is 2. The van der Waals surface area contributed by atoms with Gasteiger partial charge in [0.05, 0.1) is 12.2 Å². The molecule has 0 fully saturated rings. The van der Waals surface area contributed by atoms with E-state index in [-0.39, 0.29) is 17.6 Å². The second-order valence-corrected chi connectivity index (χ2v) is 7.93. The molecule has 0 spiro atoms. The highest BCUT2D eigenvalue weighted by Crippen LogP contribution is 2.36. The van der Waals surface area contributed by atoms with Crippen LogP contribution in [0.3, 0.4) is 0 Å². The topological polar surface area (TPSA) is 81.0 Å². The molecule has 1 aromatic heterocycles. The first kappa shape index (κ1) is 21.0. The van der Waals surface area contributed by atoms with E-state index in [2.05, 4.69) is 21.2 Å². The maximum atomic E-state index is 12.7. The number of nitrogens with one attached hydrogen (secondary N) is 1. The van der Waals surface area contributed by atoms with E-state index in [4.69, 9.17) is 13.9 Å². The Morgan fingerprint density at radius 1 is 1.16 bits per heavy atom. The first-order valence-electron chi connectivity index (χ1n) is 9.79. The van der Waals surface area contributed by atoms with Crippen LogP contribution in [-0.4, -0.2) is 31.1 Å². The van der Waals surface area contributed by atoms with Crippen LogP contribution in [-0.2, 0) is 4.79 Å². The van der Waals surface area contributed by atoms with Crippen LogP contribution < -0.4 is 19.7 Å². The summed E-state index contributed by atoms with van der Waals surface area (Å²) in [6, 6.07) is 16.1. The summed E-state index contributed by atoms with van der Waals surface area (Å²) in [7, 11) is 0. The third kappa shape index (κ3) is 4.74. The molecule has 1 atom stereocenters. The van der Waals surface area contributed by atoms with Crippen molar-refractivity contribution in [2.45, 2.75) is 20.0 Å². The molecule has 0 aliphatic carbocycles. The van der Waals surface area contributed by atoms with Gasteiger partial charge in [-0.05, 0) is 66.2 Å². The fourth-order valence-corrected chi connectivity index (χ4v) is 3.54. The molecule has 2 amide bonds. The normalized spacial score (nSPS) is 15.3. The van der Waals surface area contributed by atoms with Gasteiger partial charge in [-0.2, -0.15) is 0 Å². The molecule has 3 aromatic rings. The van der Waals surface area contributed by atoms with Gasteiger partial charge in [0.1, 0.15) is 18.1 Å². The van der Waals surface area contributed by atoms with Crippen molar-refractivity contribution < 1.29 is 23.5 Å². The summed E-state index contributed by atoms with van der Waals surface area (Å²) in [4.78, 5) is 26.7. The summed E-state index contributed by atoms with van der Waals surface area (Å²) in [6.07, 6.45) is -0.640. The van der Waals surface area contributed by atoms with E-state index in [1.807, 2.05) is 31.2 Å². The fourth-order valence-electron chi connectivity index (χ4n) is 3.24. The summed E-state index contributed by atoms with van der Waals surface area (Å²) < 4.78 is 17.3. The molecule has 2 heterocycles. The predicted octanol–water partition coefficient (Wildman–Crippen LogP) is 4.80. The standard InChI is InChI=1S/C23H21BrN2O5/c1-14-3-6-17(7-4-14)29-12-11-26-18-8-5-16(13-20(18)30-15(2)23(26)28)25-22(27)19-9-10-21(24)31-19/h3-10,13,15H,11-12H2,1-2H3,(H,25,27). The van der Waals surface area contributed by atoms with E-state index < -0.39 is 6.10 Å². The largest absolute Gasteiger partial charge is 0.492 e. The number of furan rings is 1. The minimum atomic E-state index is -0.640. The Morgan fingerprint density at radius 3 is 2.65 bits per heavy atom. The van der Waals surface area contributed by atoms with Gasteiger partial charge in [-0.1, -0.05) is 17.7 Å². The van der Waals surface area contributed by atoms with E-state index >= 15 is 0 Å². The van der Waals surface area contributed by atoms with Crippen LogP contribution in [0.15, 0.2) is 63.7 Å². The highest BCUT2D eigenvalue weighted by Gasteiger charge is 2.31. The highest BCUT2D eigenvalue weighted by atomic mass is 79.9. The first-order valence-corrected chi connectivity index (χ1v) is 10.6. The molecule has 7 nitrogen and oxygen atoms in total. The number of halogens is 1. The number of benzene rings is 2. The summed E-state index contributed by atoms with van der Waals surface area (Å²) in [5.74, 6) is 0.929. The van der Waals surface area contributed by atoms with E-state index in [0.717, 1.165) is 11.3 Å². The van der Waals surface area contributed by atoms with Gasteiger partial charge in [0, 0.05) is 11.8 Å². The van der Waals surface area contributed by atoms with Crippen LogP contribution in [0.2, 0.25) is 0 Å². The van der Waals surface area contributed by atoms with Crippen LogP contribution in [0.4, 0.5) is 11.4 Å². The smallest absolute Gasteiger partial charge is 0.291 e. The summed E-state index contributed by atoms with van der Waals surface area (Å²) >= 11 is 3.18. The lowest BCUT2D eigenvalue weighted by molar-refractivity contribution is -0.125. The number of hydrogen-bond acceptors (Lipinski definition) is 5. The Hall–Kier alpha value is -3.26. The molecule has 1 unspecified atom stereocenters. The lowest BCUT2D eigenvalue weighted by atomic mass is 10.1. The molecule has 160 valence electrons. The predicted molar refractivity (Wildman–Crippen MR) is 120 cm³/mol. The molecule has 2 aromatic carbocycles. The van der Waals surface area contributed by atoms with Gasteiger partial charge in [-0.3, -0.25) is 9.59 Å². The number of hydrogen-bond donors (Lipinski definition) is 1. The molecule has 0 bridgehead atoms. The van der Waals surface area contributed by atoms with E-state index in [0.29, 0.717) is 34.9 Å². The lowest BCUT2D eigenvalue weighted by Crippen LogP contribution is -2.46. The van der Waals surface area contributed by atoms with Crippen molar-refractivity contribution >= 4 is 39.1 Å². The van der Waals surface area contributed by atoms with Crippen molar-refractivity contribution in [2.75, 3.05) is 23.4 Å². The SMILES string of the molecule is Cc1ccc(OCCN2C(=O)C(C)Oc3cc(NC(=O)c4ccc(Br)o4)ccc32)cc1. The molecule has 0 saturated carbocycles. The number of nitrogens with zero attached hydrogens (tertiary/aromatic N) is 1. The first-order chi connectivity index (χ1) is 14.9. The number of carbonyl (C=O) groups excluding carboxylic acids is 2. The number of fused-ring (bicyclic) bond motifs is 1. The number of carbonyl (C=O) groups is 2. The van der Waals surface area contributed by atoms with Gasteiger partial charge in [0.2, 0.25) is 0 Å². The molecule has 1 aliphatic rings. The molecule has 0 saturated heterocycles. The Bertz CT molecular complexity index is 1110. The van der Waals surface area contributed by atoms with E-state index in [9.17, 15) is 9.59 Å². The molecular formula is C23H21BrN2O5. The van der Waals surface area contributed by atoms with Crippen molar-refractivity contribution in [1.29, 1.82) is 0 Å². The van der Waals surface area contributed by atoms with Crippen LogP contribution in [0.25, 0.3) is 0 Å². The molecule has 1 N–H and O–H groups in total. The molecule has 31 heavy (non-hydrogen) atoms. The Labute approximate surface area is 188 Å². The quantitative estimate of drug-likeness (QED) is 0.543. The Kier molecular flexibility index (Phi) is 5.99. The third-order valence-electron chi connectivity index (χ3n) is 4.83. The minimum Gasteiger partial charge on any atom is -0.492 e. The van der Waals surface area contributed by atoms with Gasteiger partial charge in [0.25, 0.3) is 11.8 Å². The second-order valence-electron chi connectivity index (χ2n) is 7.15. The van der Waals surface area contributed by atoms with Gasteiger partial charge < -0.3 is 24.1 Å². The van der Waals surface area contributed by atoms with Crippen molar-refractivity contribution in [3.05, 3.63) is 70.6 Å². The van der Waals surface area contributed by atoms with Crippen LogP contribution >= 0.6 is 15.9 Å². The maximum Gasteiger partial charge on any atom is 0.291 e. The van der Waals surface area contributed by atoms with Gasteiger partial charge in [-0.25, -0.2) is 0 Å². The zero-order valence-electron chi connectivity index (χ0n) is 17.1. The zero-order chi connectivity index (χ0) is 22.0. The summed E-state index contributed by atoms with van der Waals surface area (Å²) in [6.45, 7) is 4.43. The van der Waals surface area contributed by atoms with Crippen LogP contribution in [0.1, 0.15) is 23.0 Å². The van der Waals surface area contributed by atoms with Crippen molar-refractivity contribution in [3.8, 4) is 11.5 Å². The molecule has 4 rings (SSSR count). The van der Waals surface area contributed by atoms with E-state index in [1.165, 1.54) is 0 Å². The number of rotatable bonds is 6. The number of amides is 2. The Balaban J connectivity index is 1.47. The van der Waals surface area contributed by atoms with Gasteiger partial charge >= 0.3 is 0 Å². The monoisotopic (exact) mass is 484 g/mol. The average Bonchev–Trinajstić information content (AvgIpc) is 3.19. The van der Waals surface area contributed by atoms with Crippen LogP contribution in [0, 0.1) is 6.92 Å². The summed E-state index contributed by atoms with van der Waals surface area (Å²) in [5, 5.41) is 2.77.